The highest BCUT2D eigenvalue weighted by molar-refractivity contribution is 7.89. The number of sulfonamides is 1. The zero-order valence-electron chi connectivity index (χ0n) is 12.1. The number of halogens is 1. The lowest BCUT2D eigenvalue weighted by Gasteiger charge is -2.17. The van der Waals surface area contributed by atoms with Gasteiger partial charge in [0.15, 0.2) is 0 Å². The third-order valence-electron chi connectivity index (χ3n) is 3.69. The number of nitrogens with one attached hydrogen (secondary N) is 1. The number of carbonyl (C=O) groups is 1. The molecule has 120 valence electrons. The molecule has 0 aromatic heterocycles. The second-order valence-electron chi connectivity index (χ2n) is 5.24. The van der Waals surface area contributed by atoms with Crippen LogP contribution in [0.2, 0.25) is 0 Å². The third-order valence-corrected chi connectivity index (χ3v) is 5.18. The minimum absolute atomic E-state index is 0.119. The van der Waals surface area contributed by atoms with E-state index in [9.17, 15) is 17.6 Å². The van der Waals surface area contributed by atoms with Crippen LogP contribution < -0.4 is 9.62 Å². The summed E-state index contributed by atoms with van der Waals surface area (Å²) in [6.07, 6.45) is 0.363. The first-order valence-electron chi connectivity index (χ1n) is 7.12. The van der Waals surface area contributed by atoms with E-state index in [2.05, 4.69) is 4.72 Å². The van der Waals surface area contributed by atoms with E-state index in [1.165, 1.54) is 41.3 Å². The Hall–Kier alpha value is -2.25. The minimum Gasteiger partial charge on any atom is -0.311 e. The van der Waals surface area contributed by atoms with Crippen LogP contribution in [-0.2, 0) is 14.8 Å². The molecule has 1 atom stereocenters. The van der Waals surface area contributed by atoms with Crippen molar-refractivity contribution in [2.45, 2.75) is 17.4 Å². The van der Waals surface area contributed by atoms with Crippen molar-refractivity contribution in [3.05, 3.63) is 60.4 Å². The van der Waals surface area contributed by atoms with Gasteiger partial charge < -0.3 is 4.90 Å². The second-order valence-corrected chi connectivity index (χ2v) is 6.96. The van der Waals surface area contributed by atoms with Crippen LogP contribution in [0.15, 0.2) is 59.5 Å². The molecule has 0 radical (unpaired) electrons. The lowest BCUT2D eigenvalue weighted by molar-refractivity contribution is -0.118. The molecule has 2 aromatic rings. The van der Waals surface area contributed by atoms with Gasteiger partial charge in [0, 0.05) is 12.2 Å². The van der Waals surface area contributed by atoms with Crippen LogP contribution >= 0.6 is 0 Å². The van der Waals surface area contributed by atoms with Gasteiger partial charge in [-0.2, -0.15) is 4.72 Å². The molecule has 1 fully saturated rings. The number of carbonyl (C=O) groups excluding carboxylic acids is 1. The van der Waals surface area contributed by atoms with E-state index < -0.39 is 16.1 Å². The van der Waals surface area contributed by atoms with Crippen LogP contribution in [0.3, 0.4) is 0 Å². The molecular weight excluding hydrogens is 319 g/mol. The summed E-state index contributed by atoms with van der Waals surface area (Å²) in [6, 6.07) is 12.6. The smallest absolute Gasteiger partial charge is 0.245 e. The Balaban J connectivity index is 1.76. The molecule has 1 aliphatic rings. The van der Waals surface area contributed by atoms with Gasteiger partial charge in [-0.05, 0) is 42.8 Å². The zero-order valence-corrected chi connectivity index (χ0v) is 13.0. The van der Waals surface area contributed by atoms with Gasteiger partial charge in [0.05, 0.1) is 4.90 Å². The first kappa shape index (κ1) is 15.6. The van der Waals surface area contributed by atoms with Gasteiger partial charge in [-0.1, -0.05) is 18.2 Å². The van der Waals surface area contributed by atoms with Crippen LogP contribution in [0.1, 0.15) is 6.42 Å². The van der Waals surface area contributed by atoms with Crippen molar-refractivity contribution in [2.75, 3.05) is 11.4 Å². The normalized spacial score (nSPS) is 18.4. The number of rotatable bonds is 4. The highest BCUT2D eigenvalue weighted by Gasteiger charge is 2.35. The third kappa shape index (κ3) is 3.25. The van der Waals surface area contributed by atoms with Gasteiger partial charge in [-0.15, -0.1) is 0 Å². The van der Waals surface area contributed by atoms with Crippen molar-refractivity contribution in [3.63, 3.8) is 0 Å². The Morgan fingerprint density at radius 3 is 2.35 bits per heavy atom. The van der Waals surface area contributed by atoms with Gasteiger partial charge in [-0.3, -0.25) is 4.79 Å². The van der Waals surface area contributed by atoms with E-state index in [-0.39, 0.29) is 16.6 Å². The van der Waals surface area contributed by atoms with E-state index in [0.29, 0.717) is 18.7 Å². The second kappa shape index (κ2) is 6.10. The summed E-state index contributed by atoms with van der Waals surface area (Å²) in [7, 11) is -3.75. The SMILES string of the molecule is O=C1C(NS(=O)(=O)c2ccccc2)CCN1c1ccc(F)cc1. The van der Waals surface area contributed by atoms with Gasteiger partial charge in [0.25, 0.3) is 0 Å². The number of nitrogens with zero attached hydrogens (tertiary/aromatic N) is 1. The zero-order chi connectivity index (χ0) is 16.4. The molecule has 1 aliphatic heterocycles. The Labute approximate surface area is 133 Å². The van der Waals surface area contributed by atoms with Crippen molar-refractivity contribution < 1.29 is 17.6 Å². The fourth-order valence-electron chi connectivity index (χ4n) is 2.52. The van der Waals surface area contributed by atoms with Crippen molar-refractivity contribution in [3.8, 4) is 0 Å². The van der Waals surface area contributed by atoms with Gasteiger partial charge in [0.1, 0.15) is 11.9 Å². The predicted molar refractivity (Wildman–Crippen MR) is 83.9 cm³/mol. The molecule has 0 spiro atoms. The molecule has 2 aromatic carbocycles. The number of benzene rings is 2. The summed E-state index contributed by atoms with van der Waals surface area (Å²) in [5.41, 5.74) is 0.554. The number of hydrogen-bond donors (Lipinski definition) is 1. The highest BCUT2D eigenvalue weighted by atomic mass is 32.2. The number of hydrogen-bond acceptors (Lipinski definition) is 3. The summed E-state index contributed by atoms with van der Waals surface area (Å²) < 4.78 is 40.0. The highest BCUT2D eigenvalue weighted by Crippen LogP contribution is 2.23. The van der Waals surface area contributed by atoms with E-state index in [0.717, 1.165) is 0 Å². The predicted octanol–water partition coefficient (Wildman–Crippen LogP) is 1.91. The minimum atomic E-state index is -3.75. The number of amides is 1. The summed E-state index contributed by atoms with van der Waals surface area (Å²) in [6.45, 7) is 0.381. The largest absolute Gasteiger partial charge is 0.311 e. The molecule has 1 heterocycles. The molecule has 0 bridgehead atoms. The number of anilines is 1. The lowest BCUT2D eigenvalue weighted by Crippen LogP contribution is -2.41. The molecule has 1 unspecified atom stereocenters. The van der Waals surface area contributed by atoms with Crippen LogP contribution in [0.5, 0.6) is 0 Å². The van der Waals surface area contributed by atoms with E-state index >= 15 is 0 Å². The maximum Gasteiger partial charge on any atom is 0.245 e. The average Bonchev–Trinajstić information content (AvgIpc) is 2.90. The summed E-state index contributed by atoms with van der Waals surface area (Å²) in [5, 5.41) is 0. The molecule has 1 amide bonds. The lowest BCUT2D eigenvalue weighted by atomic mass is 10.3. The van der Waals surface area contributed by atoms with Crippen molar-refractivity contribution >= 4 is 21.6 Å². The maximum absolute atomic E-state index is 13.0. The molecule has 23 heavy (non-hydrogen) atoms. The van der Waals surface area contributed by atoms with Crippen LogP contribution in [0.4, 0.5) is 10.1 Å². The summed E-state index contributed by atoms with van der Waals surface area (Å²) in [5.74, 6) is -0.724. The standard InChI is InChI=1S/C16H15FN2O3S/c17-12-6-8-13(9-7-12)19-11-10-15(16(19)20)18-23(21,22)14-4-2-1-3-5-14/h1-9,15,18H,10-11H2. The quantitative estimate of drug-likeness (QED) is 0.929. The Morgan fingerprint density at radius 2 is 1.70 bits per heavy atom. The molecule has 0 saturated carbocycles. The van der Waals surface area contributed by atoms with Crippen LogP contribution in [-0.4, -0.2) is 26.9 Å². The maximum atomic E-state index is 13.0. The average molecular weight is 334 g/mol. The fraction of sp³-hybridized carbons (Fsp3) is 0.188. The van der Waals surface area contributed by atoms with E-state index in [1.807, 2.05) is 0 Å². The Bertz CT molecular complexity index is 807. The Morgan fingerprint density at radius 1 is 1.04 bits per heavy atom. The van der Waals surface area contributed by atoms with Crippen molar-refractivity contribution in [1.29, 1.82) is 0 Å². The molecule has 1 N–H and O–H groups in total. The van der Waals surface area contributed by atoms with Crippen LogP contribution in [0.25, 0.3) is 0 Å². The monoisotopic (exact) mass is 334 g/mol. The topological polar surface area (TPSA) is 66.5 Å². The van der Waals surface area contributed by atoms with Crippen molar-refractivity contribution in [2.24, 2.45) is 0 Å². The molecule has 0 aliphatic carbocycles. The molecular formula is C16H15FN2O3S. The van der Waals surface area contributed by atoms with Crippen LogP contribution in [0, 0.1) is 5.82 Å². The van der Waals surface area contributed by atoms with Gasteiger partial charge in [-0.25, -0.2) is 12.8 Å². The first-order valence-corrected chi connectivity index (χ1v) is 8.60. The first-order chi connectivity index (χ1) is 11.0. The van der Waals surface area contributed by atoms with E-state index in [4.69, 9.17) is 0 Å². The molecule has 7 heteroatoms. The molecule has 5 nitrogen and oxygen atoms in total. The molecule has 3 rings (SSSR count). The summed E-state index contributed by atoms with van der Waals surface area (Å²) >= 11 is 0. The molecule has 1 saturated heterocycles. The fourth-order valence-corrected chi connectivity index (χ4v) is 3.77. The van der Waals surface area contributed by atoms with Crippen molar-refractivity contribution in [1.82, 2.24) is 4.72 Å². The van der Waals surface area contributed by atoms with Gasteiger partial charge in [0.2, 0.25) is 15.9 Å². The Kier molecular flexibility index (Phi) is 4.14. The van der Waals surface area contributed by atoms with E-state index in [1.54, 1.807) is 18.2 Å². The summed E-state index contributed by atoms with van der Waals surface area (Å²) in [4.78, 5) is 14.0. The van der Waals surface area contributed by atoms with Gasteiger partial charge >= 0.3 is 0 Å².